The maximum Gasteiger partial charge on any atom is 0.404 e. The van der Waals surface area contributed by atoms with Gasteiger partial charge in [-0.25, -0.2) is 4.79 Å². The van der Waals surface area contributed by atoms with Crippen LogP contribution in [0, 0.1) is 5.92 Å². The van der Waals surface area contributed by atoms with E-state index in [1.165, 1.54) is 22.3 Å². The van der Waals surface area contributed by atoms with Crippen LogP contribution < -0.4 is 16.8 Å². The summed E-state index contributed by atoms with van der Waals surface area (Å²) < 4.78 is 5.01. The van der Waals surface area contributed by atoms with Gasteiger partial charge in [0.25, 0.3) is 0 Å². The van der Waals surface area contributed by atoms with Crippen molar-refractivity contribution in [1.82, 2.24) is 9.80 Å². The second-order valence-electron chi connectivity index (χ2n) is 11.7. The summed E-state index contributed by atoms with van der Waals surface area (Å²) in [7, 11) is 0. The molecule has 2 aromatic carbocycles. The van der Waals surface area contributed by atoms with E-state index >= 15 is 0 Å². The van der Waals surface area contributed by atoms with E-state index in [9.17, 15) is 19.5 Å². The van der Waals surface area contributed by atoms with E-state index < -0.39 is 6.09 Å². The Kier molecular flexibility index (Phi) is 10.1. The standard InChI is InChI=1S/C22H33N5O5.C12H8/c23-21(30)15-3-8-27(9-4-15)14-16-1-2-17(13-19(16)28)25-20(29)7-12-26-10-5-18(6-11-26)32-22(24)31;1-2-4-9(5-3-1)11-7-6-10-8-12(10)11/h1-2,13,15,18,28H,3-12,14H2,(H2,23,30)(H2,24,31)(H,25,29);1-8H. The van der Waals surface area contributed by atoms with Gasteiger partial charge in [0, 0.05) is 55.8 Å². The zero-order valence-electron chi connectivity index (χ0n) is 24.9. The molecule has 2 aliphatic carbocycles. The highest BCUT2D eigenvalue weighted by Gasteiger charge is 2.24. The molecule has 0 radical (unpaired) electrons. The normalized spacial score (nSPS) is 16.8. The Bertz CT molecular complexity index is 1460. The molecule has 2 heterocycles. The number of hydrogen-bond donors (Lipinski definition) is 4. The van der Waals surface area contributed by atoms with E-state index in [4.69, 9.17) is 16.2 Å². The van der Waals surface area contributed by atoms with Gasteiger partial charge in [0.1, 0.15) is 11.9 Å². The van der Waals surface area contributed by atoms with Crippen molar-refractivity contribution in [3.05, 3.63) is 72.3 Å². The molecular formula is C34H41N5O5. The van der Waals surface area contributed by atoms with Crippen LogP contribution in [-0.2, 0) is 20.9 Å². The fourth-order valence-corrected chi connectivity index (χ4v) is 5.91. The number of ether oxygens (including phenoxy) is 1. The zero-order chi connectivity index (χ0) is 31.1. The van der Waals surface area contributed by atoms with Crippen LogP contribution in [-0.4, -0.2) is 71.6 Å². The third-order valence-corrected chi connectivity index (χ3v) is 8.56. The lowest BCUT2D eigenvalue weighted by Gasteiger charge is -2.31. The van der Waals surface area contributed by atoms with Gasteiger partial charge in [-0.05, 0) is 73.2 Å². The molecule has 2 fully saturated rings. The molecule has 0 saturated carbocycles. The first kappa shape index (κ1) is 31.0. The van der Waals surface area contributed by atoms with E-state index in [2.05, 4.69) is 63.6 Å². The summed E-state index contributed by atoms with van der Waals surface area (Å²) in [5.74, 6) is -0.293. The van der Waals surface area contributed by atoms with Crippen molar-refractivity contribution >= 4 is 23.6 Å². The zero-order valence-corrected chi connectivity index (χ0v) is 24.9. The molecule has 4 aliphatic rings. The number of carbonyl (C=O) groups excluding carboxylic acids is 3. The Balaban J connectivity index is 0.000000262. The molecule has 44 heavy (non-hydrogen) atoms. The minimum atomic E-state index is -0.746. The third kappa shape index (κ3) is 8.58. The van der Waals surface area contributed by atoms with Crippen LogP contribution in [0.3, 0.4) is 0 Å². The Morgan fingerprint density at radius 3 is 2.11 bits per heavy atom. The van der Waals surface area contributed by atoms with Crippen LogP contribution in [0.4, 0.5) is 10.5 Å². The van der Waals surface area contributed by atoms with Gasteiger partial charge in [-0.3, -0.25) is 14.5 Å². The maximum absolute atomic E-state index is 12.3. The summed E-state index contributed by atoms with van der Waals surface area (Å²) in [5.41, 5.74) is 17.3. The Morgan fingerprint density at radius 1 is 0.818 bits per heavy atom. The predicted molar refractivity (Wildman–Crippen MR) is 170 cm³/mol. The Morgan fingerprint density at radius 2 is 1.52 bits per heavy atom. The highest BCUT2D eigenvalue weighted by molar-refractivity contribution is 5.96. The first-order valence-corrected chi connectivity index (χ1v) is 15.3. The fourth-order valence-electron chi connectivity index (χ4n) is 5.91. The van der Waals surface area contributed by atoms with Gasteiger partial charge in [0.2, 0.25) is 11.8 Å². The summed E-state index contributed by atoms with van der Waals surface area (Å²) in [5, 5.41) is 13.2. The number of phenolic OH excluding ortho intramolecular Hbond substituents is 1. The number of benzene rings is 3. The number of likely N-dealkylation sites (tertiary alicyclic amines) is 2. The van der Waals surface area contributed by atoms with Crippen molar-refractivity contribution in [2.75, 3.05) is 38.0 Å². The molecule has 0 bridgehead atoms. The van der Waals surface area contributed by atoms with Crippen molar-refractivity contribution in [3.63, 3.8) is 0 Å². The molecule has 2 aromatic rings. The van der Waals surface area contributed by atoms with Crippen molar-refractivity contribution in [2.45, 2.75) is 44.8 Å². The second-order valence-corrected chi connectivity index (χ2v) is 11.7. The number of carbonyl (C=O) groups is 3. The first-order valence-electron chi connectivity index (χ1n) is 15.3. The molecule has 0 atom stereocenters. The number of nitrogens with zero attached hydrogens (tertiary/aromatic N) is 2. The van der Waals surface area contributed by atoms with E-state index in [1.807, 2.05) is 6.07 Å². The van der Waals surface area contributed by atoms with Crippen LogP contribution in [0.5, 0.6) is 5.75 Å². The van der Waals surface area contributed by atoms with Gasteiger partial charge in [-0.1, -0.05) is 48.5 Å². The topological polar surface area (TPSA) is 151 Å². The number of phenols is 1. The van der Waals surface area contributed by atoms with Gasteiger partial charge in [-0.2, -0.15) is 0 Å². The number of aromatic hydroxyl groups is 1. The van der Waals surface area contributed by atoms with Crippen molar-refractivity contribution in [1.29, 1.82) is 0 Å². The average molecular weight is 600 g/mol. The number of fused-ring (bicyclic) bond motifs is 1. The van der Waals surface area contributed by atoms with E-state index in [1.54, 1.807) is 12.1 Å². The van der Waals surface area contributed by atoms with E-state index in [0.717, 1.165) is 44.6 Å². The lowest BCUT2D eigenvalue weighted by atomic mass is 9.96. The third-order valence-electron chi connectivity index (χ3n) is 8.56. The SMILES string of the molecule is NC(=O)OC1CCN(CCC(=O)Nc2ccc(CN3CCC(C(N)=O)CC3)c(O)c2)CC1.c1ccc(-c2ccc3cc2-3)cc1. The van der Waals surface area contributed by atoms with Crippen LogP contribution in [0.15, 0.2) is 66.7 Å². The smallest absolute Gasteiger partial charge is 0.404 e. The molecule has 6 N–H and O–H groups in total. The number of amides is 3. The van der Waals surface area contributed by atoms with Crippen LogP contribution in [0.2, 0.25) is 0 Å². The number of hydrogen-bond acceptors (Lipinski definition) is 7. The van der Waals surface area contributed by atoms with Crippen LogP contribution >= 0.6 is 0 Å². The number of nitrogens with one attached hydrogen (secondary N) is 1. The predicted octanol–water partition coefficient (Wildman–Crippen LogP) is 4.31. The molecule has 232 valence electrons. The largest absolute Gasteiger partial charge is 0.508 e. The number of nitrogens with two attached hydrogens (primary N) is 2. The molecule has 6 rings (SSSR count). The molecule has 2 aliphatic heterocycles. The van der Waals surface area contributed by atoms with Crippen molar-refractivity contribution in [3.8, 4) is 28.0 Å². The number of piperidine rings is 2. The highest BCUT2D eigenvalue weighted by atomic mass is 16.6. The number of rotatable bonds is 9. The van der Waals surface area contributed by atoms with E-state index in [0.29, 0.717) is 38.0 Å². The molecule has 10 nitrogen and oxygen atoms in total. The second kappa shape index (κ2) is 14.4. The molecule has 0 aromatic heterocycles. The monoisotopic (exact) mass is 599 g/mol. The fraction of sp³-hybridized carbons (Fsp3) is 0.382. The van der Waals surface area contributed by atoms with Gasteiger partial charge >= 0.3 is 6.09 Å². The van der Waals surface area contributed by atoms with Crippen molar-refractivity contribution < 1.29 is 24.2 Å². The van der Waals surface area contributed by atoms with Crippen molar-refractivity contribution in [2.24, 2.45) is 17.4 Å². The summed E-state index contributed by atoms with van der Waals surface area (Å²) in [6.45, 7) is 4.21. The number of anilines is 1. The Labute approximate surface area is 258 Å². The lowest BCUT2D eigenvalue weighted by molar-refractivity contribution is -0.123. The minimum absolute atomic E-state index is 0.0627. The summed E-state index contributed by atoms with van der Waals surface area (Å²) in [6.07, 6.45) is 2.33. The molecule has 0 spiro atoms. The Hall–Kier alpha value is -4.41. The highest BCUT2D eigenvalue weighted by Crippen LogP contribution is 2.43. The molecule has 2 saturated heterocycles. The quantitative estimate of drug-likeness (QED) is 0.224. The molecular weight excluding hydrogens is 558 g/mol. The average Bonchev–Trinajstić information content (AvgIpc) is 3.67. The summed E-state index contributed by atoms with van der Waals surface area (Å²) in [4.78, 5) is 38.8. The van der Waals surface area contributed by atoms with E-state index in [-0.39, 0.29) is 29.6 Å². The first-order chi connectivity index (χ1) is 21.2. The van der Waals surface area contributed by atoms with Crippen LogP contribution in [0.25, 0.3) is 22.3 Å². The van der Waals surface area contributed by atoms with Crippen LogP contribution in [0.1, 0.15) is 37.7 Å². The summed E-state index contributed by atoms with van der Waals surface area (Å²) >= 11 is 0. The van der Waals surface area contributed by atoms with Gasteiger partial charge in [-0.15, -0.1) is 0 Å². The maximum atomic E-state index is 12.3. The van der Waals surface area contributed by atoms with Gasteiger partial charge < -0.3 is 31.5 Å². The molecule has 3 amide bonds. The number of primary amides is 2. The van der Waals surface area contributed by atoms with Gasteiger partial charge in [0.15, 0.2) is 0 Å². The molecule has 0 unspecified atom stereocenters. The minimum Gasteiger partial charge on any atom is -0.508 e. The molecule has 10 heteroatoms. The summed E-state index contributed by atoms with van der Waals surface area (Å²) in [6, 6.07) is 22.3. The lowest BCUT2D eigenvalue weighted by Crippen LogP contribution is -2.39. The van der Waals surface area contributed by atoms with Gasteiger partial charge in [0.05, 0.1) is 0 Å².